The number of fused-ring (bicyclic) bond motifs is 1. The van der Waals surface area contributed by atoms with Crippen molar-refractivity contribution in [3.63, 3.8) is 0 Å². The average molecular weight is 271 g/mol. The number of benzene rings is 2. The highest BCUT2D eigenvalue weighted by Crippen LogP contribution is 2.31. The zero-order chi connectivity index (χ0) is 14.3. The van der Waals surface area contributed by atoms with Gasteiger partial charge in [0.1, 0.15) is 5.82 Å². The Labute approximate surface area is 115 Å². The largest absolute Gasteiger partial charge is 0.399 e. The first-order chi connectivity index (χ1) is 9.56. The van der Waals surface area contributed by atoms with Gasteiger partial charge < -0.3 is 16.4 Å². The number of hydrogen-bond donors (Lipinski definition) is 2. The highest BCUT2D eigenvalue weighted by molar-refractivity contribution is 6.10. The summed E-state index contributed by atoms with van der Waals surface area (Å²) in [5.41, 5.74) is 14.3. The molecule has 102 valence electrons. The first-order valence-electron chi connectivity index (χ1n) is 6.31. The Balaban J connectivity index is 1.99. The average Bonchev–Trinajstić information content (AvgIpc) is 2.81. The van der Waals surface area contributed by atoms with Crippen molar-refractivity contribution in [2.24, 2.45) is 0 Å². The Bertz CT molecular complexity index is 700. The van der Waals surface area contributed by atoms with Gasteiger partial charge in [0.15, 0.2) is 0 Å². The van der Waals surface area contributed by atoms with Crippen LogP contribution < -0.4 is 16.4 Å². The van der Waals surface area contributed by atoms with Crippen LogP contribution in [0.15, 0.2) is 36.4 Å². The number of amides is 1. The van der Waals surface area contributed by atoms with Gasteiger partial charge in [-0.3, -0.25) is 4.79 Å². The molecule has 0 atom stereocenters. The Kier molecular flexibility index (Phi) is 2.82. The molecule has 2 aromatic carbocycles. The Morgan fingerprint density at radius 3 is 2.70 bits per heavy atom. The molecule has 0 bridgehead atoms. The topological polar surface area (TPSA) is 72.4 Å². The second kappa shape index (κ2) is 4.52. The Morgan fingerprint density at radius 1 is 1.15 bits per heavy atom. The highest BCUT2D eigenvalue weighted by Gasteiger charge is 2.27. The highest BCUT2D eigenvalue weighted by atomic mass is 19.1. The monoisotopic (exact) mass is 271 g/mol. The number of carbonyl (C=O) groups excluding carboxylic acids is 1. The number of hydrogen-bond acceptors (Lipinski definition) is 3. The van der Waals surface area contributed by atoms with Crippen molar-refractivity contribution in [1.29, 1.82) is 0 Å². The van der Waals surface area contributed by atoms with Gasteiger partial charge in [0.05, 0.1) is 11.3 Å². The SMILES string of the molecule is Nc1ccc(C(=O)N2CCc3ccc(F)cc32)c(N)c1. The van der Waals surface area contributed by atoms with E-state index in [2.05, 4.69) is 0 Å². The molecule has 0 unspecified atom stereocenters. The summed E-state index contributed by atoms with van der Waals surface area (Å²) in [6.07, 6.45) is 0.718. The molecule has 4 N–H and O–H groups in total. The van der Waals surface area contributed by atoms with E-state index in [9.17, 15) is 9.18 Å². The minimum absolute atomic E-state index is 0.230. The van der Waals surface area contributed by atoms with Crippen LogP contribution in [0.4, 0.5) is 21.5 Å². The van der Waals surface area contributed by atoms with E-state index in [0.717, 1.165) is 12.0 Å². The third-order valence-corrected chi connectivity index (χ3v) is 3.49. The quantitative estimate of drug-likeness (QED) is 0.781. The minimum Gasteiger partial charge on any atom is -0.399 e. The van der Waals surface area contributed by atoms with Crippen LogP contribution in [-0.4, -0.2) is 12.5 Å². The smallest absolute Gasteiger partial charge is 0.260 e. The van der Waals surface area contributed by atoms with Gasteiger partial charge in [-0.25, -0.2) is 4.39 Å². The van der Waals surface area contributed by atoms with E-state index < -0.39 is 0 Å². The maximum atomic E-state index is 13.4. The molecule has 1 amide bonds. The van der Waals surface area contributed by atoms with Gasteiger partial charge >= 0.3 is 0 Å². The predicted molar refractivity (Wildman–Crippen MR) is 77.0 cm³/mol. The van der Waals surface area contributed by atoms with Crippen molar-refractivity contribution >= 4 is 23.0 Å². The summed E-state index contributed by atoms with van der Waals surface area (Å²) in [5, 5.41) is 0. The van der Waals surface area contributed by atoms with Crippen LogP contribution >= 0.6 is 0 Å². The standard InChI is InChI=1S/C15H14FN3O/c16-10-2-1-9-5-6-19(14(9)7-10)15(20)12-4-3-11(17)8-13(12)18/h1-4,7-8H,5-6,17-18H2. The molecule has 2 aromatic rings. The molecule has 1 aliphatic rings. The van der Waals surface area contributed by atoms with Gasteiger partial charge in [0, 0.05) is 17.9 Å². The lowest BCUT2D eigenvalue weighted by Crippen LogP contribution is -2.29. The molecule has 0 spiro atoms. The summed E-state index contributed by atoms with van der Waals surface area (Å²) < 4.78 is 13.4. The van der Waals surface area contributed by atoms with Crippen LogP contribution in [0, 0.1) is 5.82 Å². The molecule has 4 nitrogen and oxygen atoms in total. The van der Waals surface area contributed by atoms with Crippen molar-refractivity contribution in [1.82, 2.24) is 0 Å². The van der Waals surface area contributed by atoms with Crippen LogP contribution in [0.25, 0.3) is 0 Å². The lowest BCUT2D eigenvalue weighted by atomic mass is 10.1. The summed E-state index contributed by atoms with van der Waals surface area (Å²) in [6, 6.07) is 9.29. The molecule has 0 radical (unpaired) electrons. The van der Waals surface area contributed by atoms with E-state index in [1.165, 1.54) is 12.1 Å². The fraction of sp³-hybridized carbons (Fsp3) is 0.133. The molecule has 0 saturated heterocycles. The zero-order valence-electron chi connectivity index (χ0n) is 10.8. The van der Waals surface area contributed by atoms with Crippen LogP contribution in [0.5, 0.6) is 0 Å². The molecule has 20 heavy (non-hydrogen) atoms. The second-order valence-electron chi connectivity index (χ2n) is 4.83. The van der Waals surface area contributed by atoms with E-state index in [4.69, 9.17) is 11.5 Å². The molecule has 0 saturated carbocycles. The number of nitrogens with zero attached hydrogens (tertiary/aromatic N) is 1. The lowest BCUT2D eigenvalue weighted by molar-refractivity contribution is 0.0990. The number of nitrogen functional groups attached to an aromatic ring is 2. The first kappa shape index (κ1) is 12.5. The first-order valence-corrected chi connectivity index (χ1v) is 6.31. The number of nitrogens with two attached hydrogens (primary N) is 2. The van der Waals surface area contributed by atoms with Crippen LogP contribution in [-0.2, 0) is 6.42 Å². The molecule has 0 aromatic heterocycles. The molecule has 0 aliphatic carbocycles. The summed E-state index contributed by atoms with van der Waals surface area (Å²) >= 11 is 0. The van der Waals surface area contributed by atoms with Gasteiger partial charge in [-0.1, -0.05) is 6.07 Å². The maximum Gasteiger partial charge on any atom is 0.260 e. The number of anilines is 3. The van der Waals surface area contributed by atoms with Crippen LogP contribution in [0.1, 0.15) is 15.9 Å². The third-order valence-electron chi connectivity index (χ3n) is 3.49. The minimum atomic E-state index is -0.353. The summed E-state index contributed by atoms with van der Waals surface area (Å²) in [6.45, 7) is 0.529. The summed E-state index contributed by atoms with van der Waals surface area (Å²) in [4.78, 5) is 14.1. The summed E-state index contributed by atoms with van der Waals surface area (Å²) in [5.74, 6) is -0.583. The van der Waals surface area contributed by atoms with Crippen molar-refractivity contribution < 1.29 is 9.18 Å². The van der Waals surface area contributed by atoms with Gasteiger partial charge in [0.25, 0.3) is 5.91 Å². The molecule has 0 fully saturated rings. The normalized spacial score (nSPS) is 13.3. The fourth-order valence-electron chi connectivity index (χ4n) is 2.48. The van der Waals surface area contributed by atoms with Gasteiger partial charge in [-0.2, -0.15) is 0 Å². The summed E-state index contributed by atoms with van der Waals surface area (Å²) in [7, 11) is 0. The maximum absolute atomic E-state index is 13.4. The van der Waals surface area contributed by atoms with Gasteiger partial charge in [-0.15, -0.1) is 0 Å². The van der Waals surface area contributed by atoms with Crippen molar-refractivity contribution in [2.45, 2.75) is 6.42 Å². The van der Waals surface area contributed by atoms with Crippen molar-refractivity contribution in [3.8, 4) is 0 Å². The molecular formula is C15H14FN3O. The molecule has 3 rings (SSSR count). The van der Waals surface area contributed by atoms with Crippen LogP contribution in [0.2, 0.25) is 0 Å². The second-order valence-corrected chi connectivity index (χ2v) is 4.83. The number of halogens is 1. The van der Waals surface area contributed by atoms with E-state index in [0.29, 0.717) is 29.2 Å². The Morgan fingerprint density at radius 2 is 1.95 bits per heavy atom. The Hall–Kier alpha value is -2.56. The molecule has 5 heteroatoms. The van der Waals surface area contributed by atoms with Crippen molar-refractivity contribution in [3.05, 3.63) is 53.3 Å². The van der Waals surface area contributed by atoms with Gasteiger partial charge in [0.2, 0.25) is 0 Å². The molecular weight excluding hydrogens is 257 g/mol. The lowest BCUT2D eigenvalue weighted by Gasteiger charge is -2.18. The molecule has 1 heterocycles. The number of rotatable bonds is 1. The van der Waals surface area contributed by atoms with Crippen LogP contribution in [0.3, 0.4) is 0 Å². The fourth-order valence-corrected chi connectivity index (χ4v) is 2.48. The van der Waals surface area contributed by atoms with E-state index in [1.54, 1.807) is 29.2 Å². The predicted octanol–water partition coefficient (Wildman–Crippen LogP) is 2.19. The van der Waals surface area contributed by atoms with Gasteiger partial charge in [-0.05, 0) is 42.3 Å². The van der Waals surface area contributed by atoms with E-state index >= 15 is 0 Å². The van der Waals surface area contributed by atoms with E-state index in [1.807, 2.05) is 0 Å². The zero-order valence-corrected chi connectivity index (χ0v) is 10.8. The molecule has 1 aliphatic heterocycles. The third kappa shape index (κ3) is 1.97. The number of carbonyl (C=O) groups is 1. The van der Waals surface area contributed by atoms with E-state index in [-0.39, 0.29) is 11.7 Å². The van der Waals surface area contributed by atoms with Crippen molar-refractivity contribution in [2.75, 3.05) is 22.9 Å².